The molecule has 1 amide bonds. The number of nitrogens with one attached hydrogen (secondary N) is 1. The lowest BCUT2D eigenvalue weighted by molar-refractivity contribution is -0.115. The highest BCUT2D eigenvalue weighted by Gasteiger charge is 2.05. The molecule has 3 aromatic carbocycles. The zero-order valence-corrected chi connectivity index (χ0v) is 15.1. The molecule has 0 bridgehead atoms. The van der Waals surface area contributed by atoms with Gasteiger partial charge in [0.25, 0.3) is 0 Å². The van der Waals surface area contributed by atoms with Crippen molar-refractivity contribution >= 4 is 22.8 Å². The molecule has 0 unspecified atom stereocenters. The second kappa shape index (κ2) is 7.74. The molecular weight excluding hydrogens is 326 g/mol. The minimum Gasteiger partial charge on any atom is -0.497 e. The van der Waals surface area contributed by atoms with Crippen LogP contribution in [0.3, 0.4) is 0 Å². The molecular formula is C22H21NO3. The maximum Gasteiger partial charge on any atom is 0.243 e. The van der Waals surface area contributed by atoms with Crippen molar-refractivity contribution < 1.29 is 14.3 Å². The number of ether oxygens (including phenoxy) is 2. The highest BCUT2D eigenvalue weighted by atomic mass is 16.5. The topological polar surface area (TPSA) is 47.6 Å². The van der Waals surface area contributed by atoms with Gasteiger partial charge in [0.05, 0.1) is 14.2 Å². The van der Waals surface area contributed by atoms with Crippen molar-refractivity contribution in [3.05, 3.63) is 66.2 Å². The average molecular weight is 347 g/mol. The first-order chi connectivity index (χ1) is 12.6. The fourth-order valence-corrected chi connectivity index (χ4v) is 2.79. The van der Waals surface area contributed by atoms with Crippen molar-refractivity contribution in [3.8, 4) is 22.6 Å². The number of benzene rings is 3. The first-order valence-corrected chi connectivity index (χ1v) is 8.30. The van der Waals surface area contributed by atoms with Gasteiger partial charge in [-0.15, -0.1) is 0 Å². The Kier molecular flexibility index (Phi) is 5.23. The molecule has 0 aliphatic rings. The van der Waals surface area contributed by atoms with Crippen molar-refractivity contribution in [2.24, 2.45) is 0 Å². The van der Waals surface area contributed by atoms with Crippen LogP contribution in [0.2, 0.25) is 0 Å². The molecule has 132 valence electrons. The van der Waals surface area contributed by atoms with Crippen LogP contribution in [0.5, 0.6) is 11.5 Å². The largest absolute Gasteiger partial charge is 0.497 e. The van der Waals surface area contributed by atoms with E-state index in [0.29, 0.717) is 0 Å². The van der Waals surface area contributed by atoms with Crippen LogP contribution in [-0.4, -0.2) is 27.2 Å². The van der Waals surface area contributed by atoms with Gasteiger partial charge in [-0.3, -0.25) is 4.79 Å². The van der Waals surface area contributed by atoms with E-state index in [1.807, 2.05) is 36.4 Å². The summed E-state index contributed by atoms with van der Waals surface area (Å²) in [5.74, 6) is 1.44. The molecule has 3 rings (SSSR count). The second-order valence-electron chi connectivity index (χ2n) is 5.87. The smallest absolute Gasteiger partial charge is 0.243 e. The Hall–Kier alpha value is -3.27. The number of carbonyl (C=O) groups is 1. The summed E-state index contributed by atoms with van der Waals surface area (Å²) in [5.41, 5.74) is 3.01. The molecule has 0 atom stereocenters. The Bertz CT molecular complexity index is 976. The van der Waals surface area contributed by atoms with Crippen LogP contribution in [0.25, 0.3) is 28.0 Å². The number of hydrogen-bond donors (Lipinski definition) is 1. The van der Waals surface area contributed by atoms with E-state index in [-0.39, 0.29) is 5.91 Å². The van der Waals surface area contributed by atoms with E-state index in [1.165, 1.54) is 6.08 Å². The van der Waals surface area contributed by atoms with Gasteiger partial charge in [0.15, 0.2) is 0 Å². The zero-order chi connectivity index (χ0) is 18.5. The highest BCUT2D eigenvalue weighted by Crippen LogP contribution is 2.30. The number of fused-ring (bicyclic) bond motifs is 1. The molecule has 0 aromatic heterocycles. The lowest BCUT2D eigenvalue weighted by Crippen LogP contribution is -2.13. The Morgan fingerprint density at radius 2 is 1.58 bits per heavy atom. The summed E-state index contributed by atoms with van der Waals surface area (Å²) < 4.78 is 10.7. The molecule has 1 N–H and O–H groups in total. The van der Waals surface area contributed by atoms with Crippen molar-refractivity contribution in [2.45, 2.75) is 0 Å². The van der Waals surface area contributed by atoms with Gasteiger partial charge in [0.2, 0.25) is 5.91 Å². The summed E-state index contributed by atoms with van der Waals surface area (Å²) in [6.45, 7) is 0. The summed E-state index contributed by atoms with van der Waals surface area (Å²) in [5, 5.41) is 4.83. The van der Waals surface area contributed by atoms with Gasteiger partial charge in [-0.2, -0.15) is 0 Å². The normalized spacial score (nSPS) is 10.9. The van der Waals surface area contributed by atoms with Crippen LogP contribution < -0.4 is 14.8 Å². The number of rotatable bonds is 5. The summed E-state index contributed by atoms with van der Waals surface area (Å²) >= 11 is 0. The number of carbonyl (C=O) groups excluding carboxylic acids is 1. The van der Waals surface area contributed by atoms with Crippen LogP contribution >= 0.6 is 0 Å². The predicted octanol–water partition coefficient (Wildman–Crippen LogP) is 4.28. The lowest BCUT2D eigenvalue weighted by atomic mass is 9.99. The maximum atomic E-state index is 11.5. The quantitative estimate of drug-likeness (QED) is 0.701. The fourth-order valence-electron chi connectivity index (χ4n) is 2.79. The molecule has 0 saturated carbocycles. The third kappa shape index (κ3) is 3.86. The van der Waals surface area contributed by atoms with Gasteiger partial charge in [0, 0.05) is 13.1 Å². The van der Waals surface area contributed by atoms with Crippen LogP contribution in [0.4, 0.5) is 0 Å². The predicted molar refractivity (Wildman–Crippen MR) is 106 cm³/mol. The molecule has 0 radical (unpaired) electrons. The van der Waals surface area contributed by atoms with Crippen molar-refractivity contribution in [1.29, 1.82) is 0 Å². The number of hydrogen-bond acceptors (Lipinski definition) is 3. The van der Waals surface area contributed by atoms with Gasteiger partial charge >= 0.3 is 0 Å². The highest BCUT2D eigenvalue weighted by molar-refractivity contribution is 5.92. The molecule has 0 fully saturated rings. The van der Waals surface area contributed by atoms with Crippen LogP contribution in [0, 0.1) is 0 Å². The Morgan fingerprint density at radius 3 is 2.31 bits per heavy atom. The third-order valence-corrected chi connectivity index (χ3v) is 4.22. The first kappa shape index (κ1) is 17.5. The molecule has 0 spiro atoms. The third-order valence-electron chi connectivity index (χ3n) is 4.22. The minimum atomic E-state index is -0.144. The summed E-state index contributed by atoms with van der Waals surface area (Å²) in [4.78, 5) is 11.5. The van der Waals surface area contributed by atoms with Crippen molar-refractivity contribution in [3.63, 3.8) is 0 Å². The molecule has 0 saturated heterocycles. The van der Waals surface area contributed by atoms with Crippen molar-refractivity contribution in [1.82, 2.24) is 5.32 Å². The summed E-state index contributed by atoms with van der Waals surface area (Å²) in [7, 11) is 4.91. The monoisotopic (exact) mass is 347 g/mol. The molecule has 0 aliphatic carbocycles. The Balaban J connectivity index is 2.03. The number of likely N-dealkylation sites (N-methyl/N-ethyl adjacent to an activating group) is 1. The lowest BCUT2D eigenvalue weighted by Gasteiger charge is -2.09. The summed E-state index contributed by atoms with van der Waals surface area (Å²) in [6.07, 6.45) is 3.28. The van der Waals surface area contributed by atoms with Gasteiger partial charge < -0.3 is 14.8 Å². The van der Waals surface area contributed by atoms with E-state index in [2.05, 4.69) is 23.5 Å². The van der Waals surface area contributed by atoms with Crippen molar-refractivity contribution in [2.75, 3.05) is 21.3 Å². The van der Waals surface area contributed by atoms with Gasteiger partial charge in [0.1, 0.15) is 11.5 Å². The van der Waals surface area contributed by atoms with Crippen LogP contribution in [0.15, 0.2) is 60.7 Å². The fraction of sp³-hybridized carbons (Fsp3) is 0.136. The maximum absolute atomic E-state index is 11.5. The Morgan fingerprint density at radius 1 is 0.846 bits per heavy atom. The molecule has 26 heavy (non-hydrogen) atoms. The first-order valence-electron chi connectivity index (χ1n) is 8.30. The second-order valence-corrected chi connectivity index (χ2v) is 5.87. The van der Waals surface area contributed by atoms with E-state index in [1.54, 1.807) is 27.3 Å². The molecule has 4 nitrogen and oxygen atoms in total. The minimum absolute atomic E-state index is 0.144. The molecule has 3 aromatic rings. The van der Waals surface area contributed by atoms with E-state index < -0.39 is 0 Å². The Labute approximate surface area is 153 Å². The van der Waals surface area contributed by atoms with Crippen LogP contribution in [-0.2, 0) is 4.79 Å². The molecule has 4 heteroatoms. The SMILES string of the molecule is CNC(=O)/C=C/c1cc(OC)cc(-c2ccc3cc(OC)ccc3c2)c1. The van der Waals surface area contributed by atoms with Gasteiger partial charge in [-0.05, 0) is 69.9 Å². The number of amides is 1. The van der Waals surface area contributed by atoms with E-state index in [9.17, 15) is 4.79 Å². The van der Waals surface area contributed by atoms with Gasteiger partial charge in [-0.1, -0.05) is 18.2 Å². The van der Waals surface area contributed by atoms with E-state index >= 15 is 0 Å². The number of methoxy groups -OCH3 is 2. The molecule has 0 heterocycles. The molecule has 0 aliphatic heterocycles. The van der Waals surface area contributed by atoms with Crippen LogP contribution in [0.1, 0.15) is 5.56 Å². The van der Waals surface area contributed by atoms with E-state index in [0.717, 1.165) is 39.0 Å². The van der Waals surface area contributed by atoms with Gasteiger partial charge in [-0.25, -0.2) is 0 Å². The standard InChI is InChI=1S/C22H21NO3/c1-23-22(24)9-4-15-10-19(14-21(11-15)26-3)17-5-6-18-13-20(25-2)8-7-16(18)12-17/h4-14H,1-3H3,(H,23,24)/b9-4+. The van der Waals surface area contributed by atoms with E-state index in [4.69, 9.17) is 9.47 Å². The zero-order valence-electron chi connectivity index (χ0n) is 15.1. The summed E-state index contributed by atoms with van der Waals surface area (Å²) in [6, 6.07) is 18.2. The average Bonchev–Trinajstić information content (AvgIpc) is 2.70.